The number of nitrogens with zero attached hydrogens (tertiary/aromatic N) is 2. The maximum Gasteiger partial charge on any atom is 0.129 e. The summed E-state index contributed by atoms with van der Waals surface area (Å²) in [5.41, 5.74) is 2.38. The van der Waals surface area contributed by atoms with E-state index in [9.17, 15) is 0 Å². The molecule has 0 saturated carbocycles. The molecule has 2 rings (SSSR count). The highest BCUT2D eigenvalue weighted by Gasteiger charge is 2.28. The Kier molecular flexibility index (Phi) is 5.22. The molecule has 0 unspecified atom stereocenters. The van der Waals surface area contributed by atoms with E-state index in [-0.39, 0.29) is 5.60 Å². The maximum atomic E-state index is 5.81. The van der Waals surface area contributed by atoms with Gasteiger partial charge in [-0.1, -0.05) is 20.8 Å². The third kappa shape index (κ3) is 4.42. The van der Waals surface area contributed by atoms with Crippen molar-refractivity contribution >= 4 is 5.82 Å². The van der Waals surface area contributed by atoms with Crippen LogP contribution in [0.1, 0.15) is 51.8 Å². The smallest absolute Gasteiger partial charge is 0.129 e. The normalized spacial score (nSPS) is 18.3. The van der Waals surface area contributed by atoms with Gasteiger partial charge in [0.25, 0.3) is 0 Å². The molecule has 4 nitrogen and oxygen atoms in total. The van der Waals surface area contributed by atoms with Gasteiger partial charge in [0.2, 0.25) is 0 Å². The first kappa shape index (κ1) is 16.2. The van der Waals surface area contributed by atoms with Crippen LogP contribution in [0.25, 0.3) is 0 Å². The summed E-state index contributed by atoms with van der Waals surface area (Å²) in [4.78, 5) is 7.22. The molecule has 1 aliphatic heterocycles. The summed E-state index contributed by atoms with van der Waals surface area (Å²) >= 11 is 0. The topological polar surface area (TPSA) is 37.4 Å². The highest BCUT2D eigenvalue weighted by Crippen LogP contribution is 2.25. The average molecular weight is 291 g/mol. The fourth-order valence-corrected chi connectivity index (χ4v) is 2.64. The summed E-state index contributed by atoms with van der Waals surface area (Å²) < 4.78 is 5.81. The van der Waals surface area contributed by atoms with Gasteiger partial charge in [-0.2, -0.15) is 0 Å². The fourth-order valence-electron chi connectivity index (χ4n) is 2.64. The number of morpholine rings is 1. The molecule has 1 aliphatic rings. The van der Waals surface area contributed by atoms with Crippen molar-refractivity contribution in [3.63, 3.8) is 0 Å². The molecule has 4 heteroatoms. The molecule has 21 heavy (non-hydrogen) atoms. The minimum atomic E-state index is -0.102. The SMILES string of the molecule is CCNCc1cc(C(C)C)nc(N2CCOC(C)(C)C2)c1. The monoisotopic (exact) mass is 291 g/mol. The Hall–Kier alpha value is -1.13. The van der Waals surface area contributed by atoms with Crippen LogP contribution in [0, 0.1) is 0 Å². The van der Waals surface area contributed by atoms with E-state index in [4.69, 9.17) is 9.72 Å². The van der Waals surface area contributed by atoms with Crippen molar-refractivity contribution in [2.24, 2.45) is 0 Å². The number of hydrogen-bond acceptors (Lipinski definition) is 4. The number of hydrogen-bond donors (Lipinski definition) is 1. The zero-order valence-electron chi connectivity index (χ0n) is 14.1. The standard InChI is InChI=1S/C17H29N3O/c1-6-18-11-14-9-15(13(2)3)19-16(10-14)20-7-8-21-17(4,5)12-20/h9-10,13,18H,6-8,11-12H2,1-5H3. The predicted octanol–water partition coefficient (Wildman–Crippen LogP) is 2.93. The average Bonchev–Trinajstić information content (AvgIpc) is 2.43. The van der Waals surface area contributed by atoms with Gasteiger partial charge in [-0.05, 0) is 44.0 Å². The van der Waals surface area contributed by atoms with Gasteiger partial charge in [-0.25, -0.2) is 4.98 Å². The molecule has 0 spiro atoms. The fraction of sp³-hybridized carbons (Fsp3) is 0.706. The van der Waals surface area contributed by atoms with Gasteiger partial charge in [-0.15, -0.1) is 0 Å². The maximum absolute atomic E-state index is 5.81. The van der Waals surface area contributed by atoms with Crippen LogP contribution in [-0.2, 0) is 11.3 Å². The van der Waals surface area contributed by atoms with Crippen molar-refractivity contribution in [2.45, 2.75) is 52.7 Å². The molecule has 118 valence electrons. The largest absolute Gasteiger partial charge is 0.372 e. The third-order valence-electron chi connectivity index (χ3n) is 3.81. The zero-order valence-corrected chi connectivity index (χ0v) is 14.1. The number of anilines is 1. The first-order valence-corrected chi connectivity index (χ1v) is 8.02. The Morgan fingerprint density at radius 1 is 1.38 bits per heavy atom. The second-order valence-corrected chi connectivity index (χ2v) is 6.72. The first-order chi connectivity index (χ1) is 9.91. The summed E-state index contributed by atoms with van der Waals surface area (Å²) in [6.45, 7) is 15.3. The van der Waals surface area contributed by atoms with E-state index in [0.29, 0.717) is 5.92 Å². The van der Waals surface area contributed by atoms with Gasteiger partial charge in [0, 0.05) is 25.3 Å². The van der Waals surface area contributed by atoms with E-state index in [1.807, 2.05) is 0 Å². The van der Waals surface area contributed by atoms with Crippen LogP contribution in [0.3, 0.4) is 0 Å². The zero-order chi connectivity index (χ0) is 15.5. The van der Waals surface area contributed by atoms with E-state index in [1.54, 1.807) is 0 Å². The Labute approximate surface area is 128 Å². The molecule has 1 saturated heterocycles. The summed E-state index contributed by atoms with van der Waals surface area (Å²) in [6.07, 6.45) is 0. The molecule has 0 bridgehead atoms. The van der Waals surface area contributed by atoms with Crippen LogP contribution >= 0.6 is 0 Å². The Morgan fingerprint density at radius 3 is 2.76 bits per heavy atom. The second-order valence-electron chi connectivity index (χ2n) is 6.72. The summed E-state index contributed by atoms with van der Waals surface area (Å²) in [6, 6.07) is 4.44. The van der Waals surface area contributed by atoms with Crippen LogP contribution in [-0.4, -0.2) is 36.8 Å². The van der Waals surface area contributed by atoms with Crippen LogP contribution < -0.4 is 10.2 Å². The van der Waals surface area contributed by atoms with Crippen molar-refractivity contribution in [1.29, 1.82) is 0 Å². The number of ether oxygens (including phenoxy) is 1. The van der Waals surface area contributed by atoms with Gasteiger partial charge < -0.3 is 15.0 Å². The number of aromatic nitrogens is 1. The highest BCUT2D eigenvalue weighted by molar-refractivity contribution is 5.44. The highest BCUT2D eigenvalue weighted by atomic mass is 16.5. The van der Waals surface area contributed by atoms with Crippen molar-refractivity contribution in [3.8, 4) is 0 Å². The Morgan fingerprint density at radius 2 is 2.14 bits per heavy atom. The van der Waals surface area contributed by atoms with Crippen molar-refractivity contribution in [3.05, 3.63) is 23.4 Å². The molecule has 0 atom stereocenters. The lowest BCUT2D eigenvalue weighted by atomic mass is 10.1. The molecule has 1 aromatic rings. The van der Waals surface area contributed by atoms with E-state index in [2.05, 4.69) is 57.0 Å². The first-order valence-electron chi connectivity index (χ1n) is 8.02. The van der Waals surface area contributed by atoms with Gasteiger partial charge in [-0.3, -0.25) is 0 Å². The minimum Gasteiger partial charge on any atom is -0.372 e. The molecular formula is C17H29N3O. The number of pyridine rings is 1. The Bertz CT molecular complexity index is 471. The molecule has 1 fully saturated rings. The minimum absolute atomic E-state index is 0.102. The van der Waals surface area contributed by atoms with E-state index in [1.165, 1.54) is 11.3 Å². The number of nitrogens with one attached hydrogen (secondary N) is 1. The van der Waals surface area contributed by atoms with E-state index < -0.39 is 0 Å². The van der Waals surface area contributed by atoms with Crippen LogP contribution in [0.2, 0.25) is 0 Å². The third-order valence-corrected chi connectivity index (χ3v) is 3.81. The molecular weight excluding hydrogens is 262 g/mol. The van der Waals surface area contributed by atoms with Gasteiger partial charge in [0.15, 0.2) is 0 Å². The van der Waals surface area contributed by atoms with Crippen molar-refractivity contribution < 1.29 is 4.74 Å². The lowest BCUT2D eigenvalue weighted by Gasteiger charge is -2.39. The molecule has 0 amide bonds. The molecule has 0 aromatic carbocycles. The molecule has 2 heterocycles. The van der Waals surface area contributed by atoms with E-state index >= 15 is 0 Å². The van der Waals surface area contributed by atoms with Crippen molar-refractivity contribution in [2.75, 3.05) is 31.1 Å². The van der Waals surface area contributed by atoms with Gasteiger partial charge >= 0.3 is 0 Å². The number of rotatable bonds is 5. The summed E-state index contributed by atoms with van der Waals surface area (Å²) in [5, 5.41) is 3.41. The van der Waals surface area contributed by atoms with Gasteiger partial charge in [0.1, 0.15) is 5.82 Å². The second kappa shape index (κ2) is 6.75. The Balaban J connectivity index is 2.26. The molecule has 0 radical (unpaired) electrons. The summed E-state index contributed by atoms with van der Waals surface area (Å²) in [5.74, 6) is 1.53. The lowest BCUT2D eigenvalue weighted by molar-refractivity contribution is -0.0279. The lowest BCUT2D eigenvalue weighted by Crippen LogP contribution is -2.48. The van der Waals surface area contributed by atoms with E-state index in [0.717, 1.165) is 38.6 Å². The van der Waals surface area contributed by atoms with Crippen LogP contribution in [0.4, 0.5) is 5.82 Å². The van der Waals surface area contributed by atoms with Gasteiger partial charge in [0.05, 0.1) is 12.2 Å². The van der Waals surface area contributed by atoms with Crippen LogP contribution in [0.5, 0.6) is 0 Å². The predicted molar refractivity (Wildman–Crippen MR) is 88.0 cm³/mol. The molecule has 1 N–H and O–H groups in total. The quantitative estimate of drug-likeness (QED) is 0.905. The molecule has 1 aromatic heterocycles. The molecule has 0 aliphatic carbocycles. The van der Waals surface area contributed by atoms with Crippen molar-refractivity contribution in [1.82, 2.24) is 10.3 Å². The van der Waals surface area contributed by atoms with Crippen LogP contribution in [0.15, 0.2) is 12.1 Å². The summed E-state index contributed by atoms with van der Waals surface area (Å²) in [7, 11) is 0.